The quantitative estimate of drug-likeness (QED) is 0.436. The summed E-state index contributed by atoms with van der Waals surface area (Å²) < 4.78 is 4.97. The Labute approximate surface area is 146 Å². The molecule has 2 N–H and O–H groups in total. The van der Waals surface area contributed by atoms with Crippen LogP contribution in [0.5, 0.6) is 0 Å². The van der Waals surface area contributed by atoms with E-state index in [0.29, 0.717) is 35.5 Å². The number of ether oxygens (including phenoxy) is 1. The van der Waals surface area contributed by atoms with E-state index in [4.69, 9.17) is 4.74 Å². The lowest BCUT2D eigenvalue weighted by Gasteiger charge is -2.11. The minimum atomic E-state index is -0.426. The van der Waals surface area contributed by atoms with Gasteiger partial charge in [0, 0.05) is 38.9 Å². The molecule has 0 bridgehead atoms. The summed E-state index contributed by atoms with van der Waals surface area (Å²) in [6.45, 7) is 1.15. The first-order valence-corrected chi connectivity index (χ1v) is 7.91. The summed E-state index contributed by atoms with van der Waals surface area (Å²) in [5, 5.41) is 17.1. The first-order chi connectivity index (χ1) is 12.1. The minimum Gasteiger partial charge on any atom is -0.385 e. The van der Waals surface area contributed by atoms with E-state index in [2.05, 4.69) is 10.6 Å². The topological polar surface area (TPSA) is 93.5 Å². The van der Waals surface area contributed by atoms with Crippen molar-refractivity contribution in [3.8, 4) is 11.1 Å². The fourth-order valence-electron chi connectivity index (χ4n) is 2.51. The van der Waals surface area contributed by atoms with Crippen LogP contribution in [0.2, 0.25) is 0 Å². The number of hydrogen-bond donors (Lipinski definition) is 2. The van der Waals surface area contributed by atoms with E-state index in [9.17, 15) is 14.9 Å². The highest BCUT2D eigenvalue weighted by Crippen LogP contribution is 2.32. The number of methoxy groups -OCH3 is 1. The average Bonchev–Trinajstić information content (AvgIpc) is 2.64. The lowest BCUT2D eigenvalue weighted by molar-refractivity contribution is -0.383. The van der Waals surface area contributed by atoms with Crippen molar-refractivity contribution < 1.29 is 14.5 Å². The molecule has 0 aliphatic rings. The van der Waals surface area contributed by atoms with Crippen LogP contribution in [0.3, 0.4) is 0 Å². The molecule has 0 fully saturated rings. The Morgan fingerprint density at radius 3 is 2.68 bits per heavy atom. The van der Waals surface area contributed by atoms with Crippen LogP contribution >= 0.6 is 0 Å². The van der Waals surface area contributed by atoms with E-state index in [1.165, 1.54) is 6.07 Å². The van der Waals surface area contributed by atoms with Gasteiger partial charge in [-0.25, -0.2) is 0 Å². The SMILES string of the molecule is CNC(=O)c1ccccc1-c1ccc(NCCCOC)c([N+](=O)[O-])c1. The summed E-state index contributed by atoms with van der Waals surface area (Å²) in [6, 6.07) is 11.9. The van der Waals surface area contributed by atoms with Gasteiger partial charge in [0.2, 0.25) is 0 Å². The number of benzene rings is 2. The normalized spacial score (nSPS) is 10.3. The predicted molar refractivity (Wildman–Crippen MR) is 96.9 cm³/mol. The molecule has 0 unspecified atom stereocenters. The molecule has 1 amide bonds. The maximum Gasteiger partial charge on any atom is 0.292 e. The van der Waals surface area contributed by atoms with Gasteiger partial charge in [0.15, 0.2) is 0 Å². The van der Waals surface area contributed by atoms with Crippen LogP contribution in [0, 0.1) is 10.1 Å². The van der Waals surface area contributed by atoms with Gasteiger partial charge in [0.05, 0.1) is 4.92 Å². The van der Waals surface area contributed by atoms with Crippen LogP contribution in [0.1, 0.15) is 16.8 Å². The molecular weight excluding hydrogens is 322 g/mol. The molecule has 0 aliphatic heterocycles. The molecule has 25 heavy (non-hydrogen) atoms. The number of rotatable bonds is 8. The molecule has 0 saturated heterocycles. The Balaban J connectivity index is 2.37. The van der Waals surface area contributed by atoms with Gasteiger partial charge in [-0.2, -0.15) is 0 Å². The van der Waals surface area contributed by atoms with Crippen molar-refractivity contribution in [1.29, 1.82) is 0 Å². The van der Waals surface area contributed by atoms with Gasteiger partial charge in [-0.15, -0.1) is 0 Å². The number of nitro groups is 1. The molecule has 0 aromatic heterocycles. The molecule has 0 saturated carbocycles. The Kier molecular flexibility index (Phi) is 6.47. The molecule has 132 valence electrons. The van der Waals surface area contributed by atoms with Gasteiger partial charge < -0.3 is 15.4 Å². The van der Waals surface area contributed by atoms with Gasteiger partial charge in [-0.1, -0.05) is 24.3 Å². The highest BCUT2D eigenvalue weighted by Gasteiger charge is 2.17. The fourth-order valence-corrected chi connectivity index (χ4v) is 2.51. The highest BCUT2D eigenvalue weighted by atomic mass is 16.6. The summed E-state index contributed by atoms with van der Waals surface area (Å²) in [4.78, 5) is 23.0. The van der Waals surface area contributed by atoms with E-state index in [1.807, 2.05) is 0 Å². The number of nitrogens with zero attached hydrogens (tertiary/aromatic N) is 1. The second kappa shape index (κ2) is 8.79. The molecule has 2 aromatic rings. The van der Waals surface area contributed by atoms with Crippen LogP contribution in [-0.2, 0) is 4.74 Å². The van der Waals surface area contributed by atoms with E-state index in [1.54, 1.807) is 50.6 Å². The third-order valence-electron chi connectivity index (χ3n) is 3.74. The number of carbonyl (C=O) groups excluding carboxylic acids is 1. The van der Waals surface area contributed by atoms with Gasteiger partial charge >= 0.3 is 0 Å². The number of nitrogens with one attached hydrogen (secondary N) is 2. The van der Waals surface area contributed by atoms with Crippen molar-refractivity contribution >= 4 is 17.3 Å². The minimum absolute atomic E-state index is 0.0263. The molecule has 2 rings (SSSR count). The standard InChI is InChI=1S/C18H21N3O4/c1-19-18(22)15-7-4-3-6-14(15)13-8-9-16(17(12-13)21(23)24)20-10-5-11-25-2/h3-4,6-9,12,20H,5,10-11H2,1-2H3,(H,19,22). The van der Waals surface area contributed by atoms with Crippen molar-refractivity contribution in [2.75, 3.05) is 32.6 Å². The Morgan fingerprint density at radius 2 is 2.00 bits per heavy atom. The van der Waals surface area contributed by atoms with Gasteiger partial charge in [0.1, 0.15) is 5.69 Å². The van der Waals surface area contributed by atoms with Gasteiger partial charge in [0.25, 0.3) is 11.6 Å². The Morgan fingerprint density at radius 1 is 1.24 bits per heavy atom. The van der Waals surface area contributed by atoms with Crippen molar-refractivity contribution in [3.63, 3.8) is 0 Å². The van der Waals surface area contributed by atoms with Crippen molar-refractivity contribution in [2.45, 2.75) is 6.42 Å². The van der Waals surface area contributed by atoms with E-state index >= 15 is 0 Å². The van der Waals surface area contributed by atoms with E-state index in [-0.39, 0.29) is 11.6 Å². The monoisotopic (exact) mass is 343 g/mol. The third-order valence-corrected chi connectivity index (χ3v) is 3.74. The first-order valence-electron chi connectivity index (χ1n) is 7.91. The summed E-state index contributed by atoms with van der Waals surface area (Å²) in [5.41, 5.74) is 2.16. The molecule has 0 spiro atoms. The van der Waals surface area contributed by atoms with Crippen molar-refractivity contribution in [2.24, 2.45) is 0 Å². The van der Waals surface area contributed by atoms with Crippen LogP contribution in [0.15, 0.2) is 42.5 Å². The molecule has 0 heterocycles. The zero-order chi connectivity index (χ0) is 18.2. The molecule has 7 nitrogen and oxygen atoms in total. The second-order valence-electron chi connectivity index (χ2n) is 5.39. The van der Waals surface area contributed by atoms with Gasteiger partial charge in [-0.3, -0.25) is 14.9 Å². The average molecular weight is 343 g/mol. The number of anilines is 1. The third kappa shape index (κ3) is 4.54. The molecular formula is C18H21N3O4. The molecule has 2 aromatic carbocycles. The highest BCUT2D eigenvalue weighted by molar-refractivity contribution is 6.01. The Bertz CT molecular complexity index is 762. The molecule has 0 radical (unpaired) electrons. The van der Waals surface area contributed by atoms with Gasteiger partial charge in [-0.05, 0) is 29.7 Å². The largest absolute Gasteiger partial charge is 0.385 e. The van der Waals surface area contributed by atoms with Crippen LogP contribution in [0.25, 0.3) is 11.1 Å². The summed E-state index contributed by atoms with van der Waals surface area (Å²) in [5.74, 6) is -0.236. The Hall–Kier alpha value is -2.93. The predicted octanol–water partition coefficient (Wildman–Crippen LogP) is 3.07. The first kappa shape index (κ1) is 18.4. The molecule has 0 atom stereocenters. The number of hydrogen-bond acceptors (Lipinski definition) is 5. The number of nitro benzene ring substituents is 1. The van der Waals surface area contributed by atoms with Crippen LogP contribution < -0.4 is 10.6 Å². The maximum atomic E-state index is 12.0. The van der Waals surface area contributed by atoms with E-state index in [0.717, 1.165) is 6.42 Å². The van der Waals surface area contributed by atoms with Crippen LogP contribution in [-0.4, -0.2) is 38.1 Å². The zero-order valence-corrected chi connectivity index (χ0v) is 14.2. The second-order valence-corrected chi connectivity index (χ2v) is 5.39. The van der Waals surface area contributed by atoms with Crippen molar-refractivity contribution in [3.05, 3.63) is 58.1 Å². The molecule has 7 heteroatoms. The summed E-state index contributed by atoms with van der Waals surface area (Å²) in [7, 11) is 3.16. The fraction of sp³-hybridized carbons (Fsp3) is 0.278. The lowest BCUT2D eigenvalue weighted by atomic mass is 9.98. The molecule has 0 aliphatic carbocycles. The van der Waals surface area contributed by atoms with E-state index < -0.39 is 4.92 Å². The summed E-state index contributed by atoms with van der Waals surface area (Å²) in [6.07, 6.45) is 0.745. The number of amides is 1. The smallest absolute Gasteiger partial charge is 0.292 e. The maximum absolute atomic E-state index is 12.0. The summed E-state index contributed by atoms with van der Waals surface area (Å²) >= 11 is 0. The lowest BCUT2D eigenvalue weighted by Crippen LogP contribution is -2.18. The number of carbonyl (C=O) groups is 1. The zero-order valence-electron chi connectivity index (χ0n) is 14.2. The van der Waals surface area contributed by atoms with Crippen molar-refractivity contribution in [1.82, 2.24) is 5.32 Å². The van der Waals surface area contributed by atoms with Crippen LogP contribution in [0.4, 0.5) is 11.4 Å².